The highest BCUT2D eigenvalue weighted by atomic mass is 79.9. The molecule has 18 heavy (non-hydrogen) atoms. The number of sulfone groups is 1. The summed E-state index contributed by atoms with van der Waals surface area (Å²) in [4.78, 5) is 10.1. The number of rotatable bonds is 2. The van der Waals surface area contributed by atoms with E-state index in [0.717, 1.165) is 0 Å². The summed E-state index contributed by atoms with van der Waals surface area (Å²) >= 11 is 3.37. The number of hydrogen-bond donors (Lipinski definition) is 2. The molecule has 0 radical (unpaired) electrons. The highest BCUT2D eigenvalue weighted by Crippen LogP contribution is 2.29. The Hall–Kier alpha value is -0.930. The van der Waals surface area contributed by atoms with E-state index in [0.29, 0.717) is 35.6 Å². The molecule has 0 aliphatic carbocycles. The van der Waals surface area contributed by atoms with Gasteiger partial charge in [-0.1, -0.05) is 0 Å². The largest absolute Gasteiger partial charge is 0.354 e. The van der Waals surface area contributed by atoms with Crippen LogP contribution in [0.4, 0.5) is 11.6 Å². The van der Waals surface area contributed by atoms with Crippen molar-refractivity contribution in [3.05, 3.63) is 10.8 Å². The predicted molar refractivity (Wildman–Crippen MR) is 73.0 cm³/mol. The van der Waals surface area contributed by atoms with Crippen molar-refractivity contribution >= 4 is 37.4 Å². The molecule has 0 unspecified atom stereocenters. The van der Waals surface area contributed by atoms with Crippen LogP contribution in [-0.4, -0.2) is 43.0 Å². The monoisotopic (exact) mass is 335 g/mol. The maximum atomic E-state index is 11.6. The minimum Gasteiger partial charge on any atom is -0.354 e. The third kappa shape index (κ3) is 2.90. The first-order chi connectivity index (χ1) is 8.53. The number of anilines is 2. The summed E-state index contributed by atoms with van der Waals surface area (Å²) in [6, 6.07) is 0. The van der Waals surface area contributed by atoms with E-state index in [1.54, 1.807) is 0 Å². The van der Waals surface area contributed by atoms with Gasteiger partial charge in [-0.05, 0) is 22.4 Å². The lowest BCUT2D eigenvalue weighted by Gasteiger charge is -2.22. The fourth-order valence-corrected chi connectivity index (χ4v) is 3.67. The Morgan fingerprint density at radius 3 is 2.83 bits per heavy atom. The Labute approximate surface area is 114 Å². The Kier molecular flexibility index (Phi) is 4.03. The van der Waals surface area contributed by atoms with Gasteiger partial charge in [0.25, 0.3) is 0 Å². The third-order valence-corrected chi connectivity index (χ3v) is 5.21. The zero-order valence-corrected chi connectivity index (χ0v) is 12.0. The maximum Gasteiger partial charge on any atom is 0.159 e. The average molecular weight is 336 g/mol. The number of aromatic nitrogens is 2. The smallest absolute Gasteiger partial charge is 0.159 e. The molecule has 0 atom stereocenters. The van der Waals surface area contributed by atoms with E-state index in [1.807, 2.05) is 4.90 Å². The normalized spacial score (nSPS) is 19.3. The molecule has 0 spiro atoms. The van der Waals surface area contributed by atoms with E-state index < -0.39 is 9.84 Å². The molecule has 1 aliphatic heterocycles. The van der Waals surface area contributed by atoms with E-state index in [2.05, 4.69) is 31.3 Å². The van der Waals surface area contributed by atoms with Gasteiger partial charge in [0, 0.05) is 13.1 Å². The Balaban J connectivity index is 2.26. The Morgan fingerprint density at radius 1 is 1.33 bits per heavy atom. The van der Waals surface area contributed by atoms with E-state index in [9.17, 15) is 8.42 Å². The van der Waals surface area contributed by atoms with Crippen molar-refractivity contribution in [2.45, 2.75) is 6.42 Å². The highest BCUT2D eigenvalue weighted by Gasteiger charge is 2.22. The second-order valence-electron chi connectivity index (χ2n) is 4.00. The van der Waals surface area contributed by atoms with Gasteiger partial charge in [-0.25, -0.2) is 24.2 Å². The molecule has 1 aromatic heterocycles. The lowest BCUT2D eigenvalue weighted by Crippen LogP contribution is -2.28. The summed E-state index contributed by atoms with van der Waals surface area (Å²) in [6.45, 7) is 1.08. The standard InChI is InChI=1S/C9H14BrN5O2S/c10-7-8(14-11)12-6-13-9(7)15-2-1-4-18(16,17)5-3-15/h6H,1-5,11H2,(H,12,13,14). The predicted octanol–water partition coefficient (Wildman–Crippen LogP) is 0.150. The first-order valence-corrected chi connectivity index (χ1v) is 8.07. The molecule has 7 nitrogen and oxygen atoms in total. The van der Waals surface area contributed by atoms with Crippen molar-refractivity contribution in [1.82, 2.24) is 9.97 Å². The number of nitrogens with zero attached hydrogens (tertiary/aromatic N) is 3. The molecule has 2 rings (SSSR count). The molecule has 9 heteroatoms. The summed E-state index contributed by atoms with van der Waals surface area (Å²) < 4.78 is 23.7. The van der Waals surface area contributed by atoms with Gasteiger partial charge in [0.1, 0.15) is 16.6 Å². The van der Waals surface area contributed by atoms with E-state index in [-0.39, 0.29) is 11.5 Å². The Morgan fingerprint density at radius 2 is 2.11 bits per heavy atom. The summed E-state index contributed by atoms with van der Waals surface area (Å²) in [5.74, 6) is 6.86. The number of nitrogens with one attached hydrogen (secondary N) is 1. The fourth-order valence-electron chi connectivity index (χ4n) is 1.83. The summed E-state index contributed by atoms with van der Waals surface area (Å²) in [5, 5.41) is 0. The zero-order valence-electron chi connectivity index (χ0n) is 9.63. The van der Waals surface area contributed by atoms with Crippen LogP contribution in [0.3, 0.4) is 0 Å². The number of nitrogens with two attached hydrogens (primary N) is 1. The summed E-state index contributed by atoms with van der Waals surface area (Å²) in [7, 11) is -2.93. The molecule has 2 heterocycles. The summed E-state index contributed by atoms with van der Waals surface area (Å²) in [5.41, 5.74) is 2.46. The molecular formula is C9H14BrN5O2S. The molecule has 0 bridgehead atoms. The number of hydrogen-bond acceptors (Lipinski definition) is 7. The minimum absolute atomic E-state index is 0.148. The quantitative estimate of drug-likeness (QED) is 0.585. The topological polar surface area (TPSA) is 101 Å². The van der Waals surface area contributed by atoms with Crippen molar-refractivity contribution in [2.75, 3.05) is 34.9 Å². The molecule has 1 aromatic rings. The van der Waals surface area contributed by atoms with Gasteiger partial charge in [-0.2, -0.15) is 0 Å². The van der Waals surface area contributed by atoms with Crippen molar-refractivity contribution in [2.24, 2.45) is 5.84 Å². The van der Waals surface area contributed by atoms with Crippen LogP contribution in [0.1, 0.15) is 6.42 Å². The Bertz CT molecular complexity index is 536. The van der Waals surface area contributed by atoms with Crippen molar-refractivity contribution < 1.29 is 8.42 Å². The molecule has 0 amide bonds. The first-order valence-electron chi connectivity index (χ1n) is 5.46. The number of hydrazine groups is 1. The van der Waals surface area contributed by atoms with Crippen LogP contribution in [0, 0.1) is 0 Å². The van der Waals surface area contributed by atoms with Crippen molar-refractivity contribution in [1.29, 1.82) is 0 Å². The molecular weight excluding hydrogens is 322 g/mol. The van der Waals surface area contributed by atoms with E-state index in [4.69, 9.17) is 5.84 Å². The number of nitrogen functional groups attached to an aromatic ring is 1. The molecule has 1 fully saturated rings. The zero-order chi connectivity index (χ0) is 13.2. The van der Waals surface area contributed by atoms with Crippen LogP contribution in [0.25, 0.3) is 0 Å². The van der Waals surface area contributed by atoms with E-state index in [1.165, 1.54) is 6.33 Å². The van der Waals surface area contributed by atoms with Crippen molar-refractivity contribution in [3.63, 3.8) is 0 Å². The van der Waals surface area contributed by atoms with Gasteiger partial charge in [0.2, 0.25) is 0 Å². The van der Waals surface area contributed by atoms with Crippen LogP contribution < -0.4 is 16.2 Å². The lowest BCUT2D eigenvalue weighted by molar-refractivity contribution is 0.597. The minimum atomic E-state index is -2.93. The first kappa shape index (κ1) is 13.5. The molecule has 1 saturated heterocycles. The fraction of sp³-hybridized carbons (Fsp3) is 0.556. The second kappa shape index (κ2) is 5.37. The van der Waals surface area contributed by atoms with Gasteiger partial charge in [0.15, 0.2) is 15.7 Å². The van der Waals surface area contributed by atoms with Crippen LogP contribution in [-0.2, 0) is 9.84 Å². The average Bonchev–Trinajstić information content (AvgIpc) is 2.51. The molecule has 3 N–H and O–H groups in total. The van der Waals surface area contributed by atoms with Crippen LogP contribution in [0.15, 0.2) is 10.8 Å². The van der Waals surface area contributed by atoms with Gasteiger partial charge in [0.05, 0.1) is 11.5 Å². The molecule has 100 valence electrons. The van der Waals surface area contributed by atoms with Crippen molar-refractivity contribution in [3.8, 4) is 0 Å². The van der Waals surface area contributed by atoms with Gasteiger partial charge >= 0.3 is 0 Å². The highest BCUT2D eigenvalue weighted by molar-refractivity contribution is 9.10. The molecule has 0 aromatic carbocycles. The van der Waals surface area contributed by atoms with E-state index >= 15 is 0 Å². The van der Waals surface area contributed by atoms with Crippen LogP contribution >= 0.6 is 15.9 Å². The van der Waals surface area contributed by atoms with Gasteiger partial charge in [-0.15, -0.1) is 0 Å². The van der Waals surface area contributed by atoms with Crippen LogP contribution in [0.2, 0.25) is 0 Å². The summed E-state index contributed by atoms with van der Waals surface area (Å²) in [6.07, 6.45) is 2.00. The third-order valence-electron chi connectivity index (χ3n) is 2.76. The SMILES string of the molecule is NNc1ncnc(N2CCCS(=O)(=O)CC2)c1Br. The van der Waals surface area contributed by atoms with Gasteiger partial charge in [-0.3, -0.25) is 0 Å². The molecule has 0 saturated carbocycles. The maximum absolute atomic E-state index is 11.6. The second-order valence-corrected chi connectivity index (χ2v) is 7.09. The van der Waals surface area contributed by atoms with Gasteiger partial charge < -0.3 is 10.3 Å². The van der Waals surface area contributed by atoms with Crippen LogP contribution in [0.5, 0.6) is 0 Å². The lowest BCUT2D eigenvalue weighted by atomic mass is 10.4. The molecule has 1 aliphatic rings. The number of halogens is 1.